The summed E-state index contributed by atoms with van der Waals surface area (Å²) in [5.41, 5.74) is 3.71. The Morgan fingerprint density at radius 2 is 1.72 bits per heavy atom. The molecule has 8 nitrogen and oxygen atoms in total. The zero-order chi connectivity index (χ0) is 29.6. The Balaban J connectivity index is 1.12. The lowest BCUT2D eigenvalue weighted by Gasteiger charge is -2.50. The maximum absolute atomic E-state index is 14.1. The molecule has 0 radical (unpaired) electrons. The molecule has 9 heteroatoms. The summed E-state index contributed by atoms with van der Waals surface area (Å²) in [6, 6.07) is 15.4. The number of nitrogens with zero attached hydrogens (tertiary/aromatic N) is 5. The van der Waals surface area contributed by atoms with Gasteiger partial charge in [0.2, 0.25) is 11.8 Å². The average Bonchev–Trinajstić information content (AvgIpc) is 3.58. The van der Waals surface area contributed by atoms with Gasteiger partial charge in [0.25, 0.3) is 0 Å². The predicted octanol–water partition coefficient (Wildman–Crippen LogP) is 4.70. The van der Waals surface area contributed by atoms with Gasteiger partial charge in [-0.25, -0.2) is 4.98 Å². The number of fused-ring (bicyclic) bond motifs is 1. The number of piperazine rings is 1. The molecule has 6 rings (SSSR count). The van der Waals surface area contributed by atoms with Crippen molar-refractivity contribution in [3.8, 4) is 0 Å². The van der Waals surface area contributed by atoms with Crippen molar-refractivity contribution in [1.82, 2.24) is 29.9 Å². The van der Waals surface area contributed by atoms with Crippen molar-refractivity contribution < 1.29 is 9.59 Å². The standard InChI is InChI=1S/C34H43ClN6O2/c35-30-12-8-26(9-13-30)22-31(38-32(42)29-11-10-27-6-2-3-7-28(27)23-29)33(43)39-18-20-40(21-19-39)34(14-4-1-5-15-34)16-17-41-25-36-24-37-41/h2-3,6-9,12-13,24-25,29,31H,1,4-5,10-11,14-23H2,(H,38,42)/t29-,31-/m1/s1. The van der Waals surface area contributed by atoms with E-state index < -0.39 is 6.04 Å². The lowest BCUT2D eigenvalue weighted by atomic mass is 9.77. The number of rotatable bonds is 9. The highest BCUT2D eigenvalue weighted by Gasteiger charge is 2.40. The molecule has 1 saturated heterocycles. The highest BCUT2D eigenvalue weighted by molar-refractivity contribution is 6.30. The summed E-state index contributed by atoms with van der Waals surface area (Å²) < 4.78 is 1.94. The number of hydrogen-bond donors (Lipinski definition) is 1. The van der Waals surface area contributed by atoms with Crippen LogP contribution in [0.2, 0.25) is 5.02 Å². The van der Waals surface area contributed by atoms with Crippen LogP contribution in [-0.2, 0) is 35.4 Å². The maximum Gasteiger partial charge on any atom is 0.245 e. The third-order valence-corrected chi connectivity index (χ3v) is 10.3. The molecular weight excluding hydrogens is 560 g/mol. The molecule has 2 amide bonds. The minimum Gasteiger partial charge on any atom is -0.344 e. The molecule has 0 unspecified atom stereocenters. The SMILES string of the molecule is O=C(N[C@H](Cc1ccc(Cl)cc1)C(=O)N1CCN(C2(CCn3cncn3)CCCCC2)CC1)[C@@H]1CCc2ccccc2C1. The Bertz CT molecular complexity index is 1360. The molecule has 3 aromatic rings. The Hall–Kier alpha value is -3.23. The quantitative estimate of drug-likeness (QED) is 0.384. The molecule has 2 aliphatic carbocycles. The molecule has 43 heavy (non-hydrogen) atoms. The highest BCUT2D eigenvalue weighted by Crippen LogP contribution is 2.37. The van der Waals surface area contributed by atoms with E-state index in [0.29, 0.717) is 24.5 Å². The van der Waals surface area contributed by atoms with Crippen LogP contribution < -0.4 is 5.32 Å². The Morgan fingerprint density at radius 3 is 2.44 bits per heavy atom. The summed E-state index contributed by atoms with van der Waals surface area (Å²) >= 11 is 6.14. The molecule has 2 fully saturated rings. The van der Waals surface area contributed by atoms with E-state index in [0.717, 1.165) is 50.9 Å². The van der Waals surface area contributed by atoms with Crippen molar-refractivity contribution >= 4 is 23.4 Å². The molecule has 2 atom stereocenters. The second-order valence-corrected chi connectivity index (χ2v) is 13.0. The van der Waals surface area contributed by atoms with Crippen molar-refractivity contribution in [2.24, 2.45) is 5.92 Å². The second kappa shape index (κ2) is 13.6. The fourth-order valence-electron chi connectivity index (χ4n) is 7.49. The lowest BCUT2D eigenvalue weighted by Crippen LogP contribution is -2.61. The maximum atomic E-state index is 14.1. The van der Waals surface area contributed by atoms with Gasteiger partial charge in [0.05, 0.1) is 0 Å². The number of benzene rings is 2. The van der Waals surface area contributed by atoms with E-state index in [2.05, 4.69) is 38.5 Å². The van der Waals surface area contributed by atoms with Gasteiger partial charge in [-0.3, -0.25) is 19.2 Å². The van der Waals surface area contributed by atoms with Crippen LogP contribution in [-0.4, -0.2) is 74.1 Å². The van der Waals surface area contributed by atoms with Gasteiger partial charge < -0.3 is 10.2 Å². The third-order valence-electron chi connectivity index (χ3n) is 10.0. The molecule has 1 saturated carbocycles. The van der Waals surface area contributed by atoms with Gasteiger partial charge >= 0.3 is 0 Å². The second-order valence-electron chi connectivity index (χ2n) is 12.6. The first-order valence-corrected chi connectivity index (χ1v) is 16.3. The zero-order valence-electron chi connectivity index (χ0n) is 25.0. The molecule has 0 spiro atoms. The summed E-state index contributed by atoms with van der Waals surface area (Å²) in [6.07, 6.45) is 13.5. The lowest BCUT2D eigenvalue weighted by molar-refractivity contribution is -0.140. The first kappa shape index (κ1) is 29.8. The molecule has 1 aliphatic heterocycles. The number of aromatic nitrogens is 3. The van der Waals surface area contributed by atoms with Crippen LogP contribution in [0.15, 0.2) is 61.2 Å². The number of hydrogen-bond acceptors (Lipinski definition) is 5. The van der Waals surface area contributed by atoms with Crippen LogP contribution in [0.1, 0.15) is 61.6 Å². The molecule has 1 aromatic heterocycles. The van der Waals surface area contributed by atoms with Gasteiger partial charge in [-0.2, -0.15) is 5.10 Å². The van der Waals surface area contributed by atoms with Gasteiger partial charge in [-0.15, -0.1) is 0 Å². The fourth-order valence-corrected chi connectivity index (χ4v) is 7.62. The highest BCUT2D eigenvalue weighted by atomic mass is 35.5. The molecule has 2 heterocycles. The minimum atomic E-state index is -0.603. The monoisotopic (exact) mass is 602 g/mol. The summed E-state index contributed by atoms with van der Waals surface area (Å²) in [5.74, 6) is -0.127. The van der Waals surface area contributed by atoms with Gasteiger partial charge in [0.15, 0.2) is 0 Å². The van der Waals surface area contributed by atoms with Crippen LogP contribution in [0.4, 0.5) is 0 Å². The number of carbonyl (C=O) groups is 2. The third kappa shape index (κ3) is 7.13. The van der Waals surface area contributed by atoms with Crippen LogP contribution in [0.3, 0.4) is 0 Å². The van der Waals surface area contributed by atoms with Gasteiger partial charge in [-0.1, -0.05) is 67.3 Å². The molecule has 1 N–H and O–H groups in total. The largest absolute Gasteiger partial charge is 0.344 e. The zero-order valence-corrected chi connectivity index (χ0v) is 25.7. The van der Waals surface area contributed by atoms with Crippen molar-refractivity contribution in [2.75, 3.05) is 26.2 Å². The van der Waals surface area contributed by atoms with E-state index in [-0.39, 0.29) is 23.3 Å². The van der Waals surface area contributed by atoms with Crippen LogP contribution in [0.25, 0.3) is 0 Å². The first-order chi connectivity index (χ1) is 21.0. The van der Waals surface area contributed by atoms with Crippen molar-refractivity contribution in [1.29, 1.82) is 0 Å². The van der Waals surface area contributed by atoms with E-state index in [9.17, 15) is 9.59 Å². The Labute approximate surface area is 259 Å². The van der Waals surface area contributed by atoms with Crippen LogP contribution >= 0.6 is 11.6 Å². The van der Waals surface area contributed by atoms with Crippen LogP contribution in [0, 0.1) is 5.92 Å². The number of aryl methyl sites for hydroxylation is 2. The molecule has 228 valence electrons. The predicted molar refractivity (Wildman–Crippen MR) is 168 cm³/mol. The smallest absolute Gasteiger partial charge is 0.245 e. The van der Waals surface area contributed by atoms with Crippen molar-refractivity contribution in [3.05, 3.63) is 82.9 Å². The van der Waals surface area contributed by atoms with E-state index >= 15 is 0 Å². The normalized spacial score (nSPS) is 21.1. The summed E-state index contributed by atoms with van der Waals surface area (Å²) in [4.78, 5) is 36.4. The number of nitrogens with one attached hydrogen (secondary N) is 1. The number of halogens is 1. The van der Waals surface area contributed by atoms with E-state index in [1.807, 2.05) is 39.9 Å². The fraction of sp³-hybridized carbons (Fsp3) is 0.529. The molecule has 2 aromatic carbocycles. The summed E-state index contributed by atoms with van der Waals surface area (Å²) in [7, 11) is 0. The van der Waals surface area contributed by atoms with E-state index in [1.54, 1.807) is 12.7 Å². The first-order valence-electron chi connectivity index (χ1n) is 16.0. The average molecular weight is 603 g/mol. The van der Waals surface area contributed by atoms with Gasteiger partial charge in [0, 0.05) is 55.6 Å². The molecule has 0 bridgehead atoms. The van der Waals surface area contributed by atoms with Crippen LogP contribution in [0.5, 0.6) is 0 Å². The van der Waals surface area contributed by atoms with Crippen molar-refractivity contribution in [2.45, 2.75) is 82.3 Å². The Kier molecular flexibility index (Phi) is 9.43. The van der Waals surface area contributed by atoms with E-state index in [4.69, 9.17) is 11.6 Å². The van der Waals surface area contributed by atoms with Gasteiger partial charge in [-0.05, 0) is 67.3 Å². The summed E-state index contributed by atoms with van der Waals surface area (Å²) in [5, 5.41) is 8.20. The molecule has 3 aliphatic rings. The number of amides is 2. The Morgan fingerprint density at radius 1 is 0.977 bits per heavy atom. The molecular formula is C34H43ClN6O2. The number of carbonyl (C=O) groups excluding carboxylic acids is 2. The summed E-state index contributed by atoms with van der Waals surface area (Å²) in [6.45, 7) is 3.91. The van der Waals surface area contributed by atoms with Gasteiger partial charge in [0.1, 0.15) is 18.7 Å². The topological polar surface area (TPSA) is 83.4 Å². The van der Waals surface area contributed by atoms with Crippen molar-refractivity contribution in [3.63, 3.8) is 0 Å². The van der Waals surface area contributed by atoms with E-state index in [1.165, 1.54) is 43.2 Å². The minimum absolute atomic E-state index is 0.0134.